The van der Waals surface area contributed by atoms with E-state index in [0.717, 1.165) is 0 Å². The van der Waals surface area contributed by atoms with E-state index in [-0.39, 0.29) is 0 Å². The first-order valence-electron chi connectivity index (χ1n) is 2.09. The summed E-state index contributed by atoms with van der Waals surface area (Å²) >= 11 is 0. The lowest BCUT2D eigenvalue weighted by Gasteiger charge is -1.72. The molecule has 0 heterocycles. The fourth-order valence-corrected chi connectivity index (χ4v) is 0. The van der Waals surface area contributed by atoms with Crippen LogP contribution in [0.1, 0.15) is 0 Å². The number of hydrogen-bond acceptors (Lipinski definition) is 3. The average Bonchev–Trinajstić information content (AvgIpc) is 1.63. The van der Waals surface area contributed by atoms with Crippen LogP contribution in [0.15, 0.2) is 0 Å². The Kier molecular flexibility index (Phi) is 7.35. The van der Waals surface area contributed by atoms with E-state index in [0.29, 0.717) is 0 Å². The van der Waals surface area contributed by atoms with Crippen molar-refractivity contribution < 1.29 is 24.0 Å². The van der Waals surface area contributed by atoms with Gasteiger partial charge in [0.2, 0.25) is 0 Å². The lowest BCUT2D eigenvalue weighted by Crippen LogP contribution is -2.09. The Balaban J connectivity index is 0. The lowest BCUT2D eigenvalue weighted by molar-refractivity contribution is -0.159. The average molecular weight is 168 g/mol. The minimum Gasteiger partial charge on any atom is -0.473 e. The second-order valence-corrected chi connectivity index (χ2v) is 2.84. The molecule has 2 N–H and O–H groups in total. The van der Waals surface area contributed by atoms with Gasteiger partial charge in [-0.1, -0.05) is 0 Å². The highest BCUT2D eigenvalue weighted by Crippen LogP contribution is 1.56. The number of rotatable bonds is 0. The molecule has 0 aliphatic rings. The highest BCUT2D eigenvalue weighted by atomic mass is 32.2. The van der Waals surface area contributed by atoms with Gasteiger partial charge in [0.05, 0.1) is 0 Å². The normalized spacial score (nSPS) is 7.90. The molecular weight excluding hydrogens is 160 g/mol. The van der Waals surface area contributed by atoms with Crippen LogP contribution in [-0.4, -0.2) is 38.9 Å². The maximum atomic E-state index is 9.56. The Morgan fingerprint density at radius 3 is 1.20 bits per heavy atom. The van der Waals surface area contributed by atoms with Crippen molar-refractivity contribution in [2.75, 3.05) is 12.5 Å². The van der Waals surface area contributed by atoms with Crippen LogP contribution in [0.3, 0.4) is 0 Å². The summed E-state index contributed by atoms with van der Waals surface area (Å²) in [5.74, 6) is -3.65. The van der Waals surface area contributed by atoms with E-state index in [2.05, 4.69) is 0 Å². The number of carboxylic acid groups (broad SMARTS) is 2. The monoisotopic (exact) mass is 168 g/mol. The number of carbonyl (C=O) groups is 2. The van der Waals surface area contributed by atoms with Gasteiger partial charge in [-0.25, -0.2) is 9.59 Å². The van der Waals surface area contributed by atoms with E-state index in [1.165, 1.54) is 0 Å². The maximum absolute atomic E-state index is 9.56. The van der Waals surface area contributed by atoms with Crippen molar-refractivity contribution in [3.8, 4) is 0 Å². The highest BCUT2D eigenvalue weighted by molar-refractivity contribution is 7.83. The van der Waals surface area contributed by atoms with Gasteiger partial charge < -0.3 is 10.2 Å². The van der Waals surface area contributed by atoms with Crippen LogP contribution in [0.25, 0.3) is 0 Å². The smallest absolute Gasteiger partial charge is 0.414 e. The maximum Gasteiger partial charge on any atom is 0.414 e. The first-order valence-corrected chi connectivity index (χ1v) is 4.05. The van der Waals surface area contributed by atoms with Gasteiger partial charge >= 0.3 is 11.9 Å². The number of hydrogen-bond donors (Lipinski definition) is 2. The summed E-state index contributed by atoms with van der Waals surface area (Å²) in [5, 5.41) is 14.8. The molecule has 5 nitrogen and oxygen atoms in total. The van der Waals surface area contributed by atoms with E-state index < -0.39 is 22.7 Å². The molecule has 10 heavy (non-hydrogen) atoms. The molecule has 0 aliphatic heterocycles. The molecule has 0 aromatic carbocycles. The molecule has 0 atom stereocenters. The molecule has 0 aliphatic carbocycles. The Hall–Kier alpha value is -0.910. The standard InChI is InChI=1S/C2H2O4.C2H6OS/c3-1(4)2(5)6;1-4(2)3/h(H,3,4)(H,5,6);1-2H3. The van der Waals surface area contributed by atoms with Gasteiger partial charge in [-0.05, 0) is 0 Å². The summed E-state index contributed by atoms with van der Waals surface area (Å²) in [6, 6.07) is 0. The Morgan fingerprint density at radius 2 is 1.20 bits per heavy atom. The largest absolute Gasteiger partial charge is 0.473 e. The highest BCUT2D eigenvalue weighted by Gasteiger charge is 2.04. The summed E-state index contributed by atoms with van der Waals surface area (Å²) in [7, 11) is -0.611. The molecule has 0 unspecified atom stereocenters. The predicted molar refractivity (Wildman–Crippen MR) is 35.3 cm³/mol. The van der Waals surface area contributed by atoms with E-state index in [9.17, 15) is 4.21 Å². The van der Waals surface area contributed by atoms with E-state index in [4.69, 9.17) is 19.8 Å². The molecule has 0 aromatic rings. The SMILES string of the molecule is CS(C)=O.O=C(O)C(=O)O. The third-order valence-electron chi connectivity index (χ3n) is 0.183. The molecule has 6 heteroatoms. The van der Waals surface area contributed by atoms with Crippen LogP contribution in [0.5, 0.6) is 0 Å². The van der Waals surface area contributed by atoms with Crippen molar-refractivity contribution in [3.05, 3.63) is 0 Å². The van der Waals surface area contributed by atoms with Crippen LogP contribution in [-0.2, 0) is 20.4 Å². The second kappa shape index (κ2) is 6.21. The molecular formula is C4H8O5S. The van der Waals surface area contributed by atoms with E-state index in [1.54, 1.807) is 12.5 Å². The third kappa shape index (κ3) is 27.5. The molecule has 0 fully saturated rings. The first-order chi connectivity index (χ1) is 4.37. The van der Waals surface area contributed by atoms with Crippen LogP contribution >= 0.6 is 0 Å². The molecule has 0 saturated heterocycles. The summed E-state index contributed by atoms with van der Waals surface area (Å²) in [4.78, 5) is 18.2. The quantitative estimate of drug-likeness (QED) is 0.460. The zero-order valence-corrected chi connectivity index (χ0v) is 6.34. The van der Waals surface area contributed by atoms with Gasteiger partial charge in [0.25, 0.3) is 0 Å². The van der Waals surface area contributed by atoms with Gasteiger partial charge in [-0.15, -0.1) is 0 Å². The zero-order chi connectivity index (χ0) is 8.73. The van der Waals surface area contributed by atoms with Crippen LogP contribution in [0.2, 0.25) is 0 Å². The van der Waals surface area contributed by atoms with Crippen molar-refractivity contribution in [2.24, 2.45) is 0 Å². The Labute approximate surface area is 60.1 Å². The fourth-order valence-electron chi connectivity index (χ4n) is 0. The van der Waals surface area contributed by atoms with Gasteiger partial charge in [-0.2, -0.15) is 0 Å². The van der Waals surface area contributed by atoms with Gasteiger partial charge in [-0.3, -0.25) is 4.21 Å². The van der Waals surface area contributed by atoms with Crippen molar-refractivity contribution in [3.63, 3.8) is 0 Å². The van der Waals surface area contributed by atoms with Crippen molar-refractivity contribution in [1.29, 1.82) is 0 Å². The van der Waals surface area contributed by atoms with Crippen molar-refractivity contribution in [1.82, 2.24) is 0 Å². The van der Waals surface area contributed by atoms with Crippen molar-refractivity contribution in [2.45, 2.75) is 0 Å². The molecule has 0 bridgehead atoms. The molecule has 0 saturated carbocycles. The molecule has 0 spiro atoms. The van der Waals surface area contributed by atoms with Crippen molar-refractivity contribution >= 4 is 22.7 Å². The summed E-state index contributed by atoms with van der Waals surface area (Å²) < 4.78 is 9.56. The number of carboxylic acids is 2. The van der Waals surface area contributed by atoms with Gasteiger partial charge in [0.1, 0.15) is 0 Å². The second-order valence-electron chi connectivity index (χ2n) is 1.35. The minimum absolute atomic E-state index is 0.611. The third-order valence-corrected chi connectivity index (χ3v) is 0.183. The van der Waals surface area contributed by atoms with Crippen LogP contribution in [0.4, 0.5) is 0 Å². The Bertz CT molecular complexity index is 136. The molecule has 0 aromatic heterocycles. The predicted octanol–water partition coefficient (Wildman–Crippen LogP) is -0.850. The molecule has 0 amide bonds. The number of aliphatic carboxylic acids is 2. The van der Waals surface area contributed by atoms with E-state index >= 15 is 0 Å². The topological polar surface area (TPSA) is 91.7 Å². The Morgan fingerprint density at radius 1 is 1.10 bits per heavy atom. The van der Waals surface area contributed by atoms with Crippen LogP contribution in [0, 0.1) is 0 Å². The molecule has 60 valence electrons. The zero-order valence-electron chi connectivity index (χ0n) is 5.53. The van der Waals surface area contributed by atoms with Gasteiger partial charge in [0.15, 0.2) is 0 Å². The lowest BCUT2D eigenvalue weighted by atomic mass is 10.7. The fraction of sp³-hybridized carbons (Fsp3) is 0.500. The molecule has 0 rings (SSSR count). The summed E-state index contributed by atoms with van der Waals surface area (Å²) in [6.45, 7) is 0. The first kappa shape index (κ1) is 11.8. The summed E-state index contributed by atoms with van der Waals surface area (Å²) in [6.07, 6.45) is 3.28. The molecule has 0 radical (unpaired) electrons. The summed E-state index contributed by atoms with van der Waals surface area (Å²) in [5.41, 5.74) is 0. The van der Waals surface area contributed by atoms with Gasteiger partial charge in [0, 0.05) is 23.3 Å². The van der Waals surface area contributed by atoms with Crippen LogP contribution < -0.4 is 0 Å². The minimum atomic E-state index is -1.82. The van der Waals surface area contributed by atoms with E-state index in [1.807, 2.05) is 0 Å².